The number of halogens is 2. The maximum atomic E-state index is 13.7. The van der Waals surface area contributed by atoms with Gasteiger partial charge in [0, 0.05) is 10.8 Å². The average molecular weight is 352 g/mol. The molecule has 0 saturated heterocycles. The van der Waals surface area contributed by atoms with E-state index < -0.39 is 0 Å². The Hall–Kier alpha value is -1.52. The first kappa shape index (κ1) is 17.8. The van der Waals surface area contributed by atoms with E-state index in [0.29, 0.717) is 16.3 Å². The van der Waals surface area contributed by atoms with Gasteiger partial charge in [-0.05, 0) is 42.7 Å². The van der Waals surface area contributed by atoms with E-state index in [0.717, 1.165) is 11.1 Å². The molecule has 1 amide bonds. The van der Waals surface area contributed by atoms with Crippen LogP contribution in [0.25, 0.3) is 0 Å². The van der Waals surface area contributed by atoms with E-state index in [-0.39, 0.29) is 23.5 Å². The van der Waals surface area contributed by atoms with Crippen molar-refractivity contribution < 1.29 is 9.18 Å². The zero-order valence-electron chi connectivity index (χ0n) is 13.1. The van der Waals surface area contributed by atoms with Crippen LogP contribution in [-0.4, -0.2) is 11.7 Å². The van der Waals surface area contributed by atoms with Gasteiger partial charge in [0.05, 0.1) is 11.8 Å². The van der Waals surface area contributed by atoms with Gasteiger partial charge in [-0.2, -0.15) is 0 Å². The van der Waals surface area contributed by atoms with Crippen LogP contribution < -0.4 is 5.32 Å². The van der Waals surface area contributed by atoms with E-state index in [9.17, 15) is 9.18 Å². The van der Waals surface area contributed by atoms with Crippen molar-refractivity contribution in [2.75, 3.05) is 5.75 Å². The molecule has 2 aromatic rings. The summed E-state index contributed by atoms with van der Waals surface area (Å²) in [5.74, 6) is 0.340. The summed E-state index contributed by atoms with van der Waals surface area (Å²) >= 11 is 7.10. The van der Waals surface area contributed by atoms with Crippen molar-refractivity contribution in [3.63, 3.8) is 0 Å². The summed E-state index contributed by atoms with van der Waals surface area (Å²) in [7, 11) is 0. The van der Waals surface area contributed by atoms with E-state index in [1.807, 2.05) is 38.1 Å². The molecule has 1 N–H and O–H groups in total. The van der Waals surface area contributed by atoms with Gasteiger partial charge in [0.1, 0.15) is 5.82 Å². The van der Waals surface area contributed by atoms with E-state index in [1.54, 1.807) is 12.1 Å². The van der Waals surface area contributed by atoms with Crippen LogP contribution in [0.1, 0.15) is 29.7 Å². The van der Waals surface area contributed by atoms with Gasteiger partial charge < -0.3 is 5.32 Å². The summed E-state index contributed by atoms with van der Waals surface area (Å²) < 4.78 is 13.7. The normalized spacial score (nSPS) is 12.0. The van der Waals surface area contributed by atoms with Crippen LogP contribution in [0.5, 0.6) is 0 Å². The third-order valence-corrected chi connectivity index (χ3v) is 4.75. The van der Waals surface area contributed by atoms with Gasteiger partial charge in [0.25, 0.3) is 0 Å². The van der Waals surface area contributed by atoms with Gasteiger partial charge in [-0.3, -0.25) is 4.79 Å². The quantitative estimate of drug-likeness (QED) is 0.802. The Bertz CT molecular complexity index is 692. The highest BCUT2D eigenvalue weighted by molar-refractivity contribution is 7.99. The predicted octanol–water partition coefficient (Wildman–Crippen LogP) is 4.90. The molecule has 0 bridgehead atoms. The smallest absolute Gasteiger partial charge is 0.230 e. The van der Waals surface area contributed by atoms with Gasteiger partial charge in [-0.15, -0.1) is 11.8 Å². The fourth-order valence-corrected chi connectivity index (χ4v) is 3.31. The lowest BCUT2D eigenvalue weighted by molar-refractivity contribution is -0.119. The zero-order valence-corrected chi connectivity index (χ0v) is 14.7. The second-order valence-electron chi connectivity index (χ2n) is 5.37. The number of thioether (sulfide) groups is 1. The molecule has 1 atom stereocenters. The molecule has 0 aromatic heterocycles. The zero-order chi connectivity index (χ0) is 16.8. The minimum Gasteiger partial charge on any atom is -0.349 e. The van der Waals surface area contributed by atoms with Crippen LogP contribution in [0, 0.1) is 12.7 Å². The Balaban J connectivity index is 1.82. The number of hydrogen-bond acceptors (Lipinski definition) is 2. The number of rotatable bonds is 6. The Morgan fingerprint density at radius 1 is 1.30 bits per heavy atom. The number of nitrogens with one attached hydrogen (secondary N) is 1. The molecule has 122 valence electrons. The van der Waals surface area contributed by atoms with Gasteiger partial charge in [0.2, 0.25) is 5.91 Å². The number of hydrogen-bond donors (Lipinski definition) is 1. The second-order valence-corrected chi connectivity index (χ2v) is 6.80. The molecular formula is C18H19ClFNOS. The van der Waals surface area contributed by atoms with E-state index in [4.69, 9.17) is 11.6 Å². The molecule has 2 aromatic carbocycles. The molecule has 5 heteroatoms. The molecular weight excluding hydrogens is 333 g/mol. The van der Waals surface area contributed by atoms with Crippen molar-refractivity contribution in [2.24, 2.45) is 0 Å². The molecule has 0 aliphatic carbocycles. The van der Waals surface area contributed by atoms with Crippen molar-refractivity contribution in [3.05, 3.63) is 70.0 Å². The summed E-state index contributed by atoms with van der Waals surface area (Å²) in [5, 5.41) is 3.35. The molecule has 0 heterocycles. The first-order valence-corrected chi connectivity index (χ1v) is 8.87. The standard InChI is InChI=1S/C18H19ClFNOS/c1-12-5-3-4-6-16(12)13(2)21-18(22)11-23-10-14-7-8-15(19)9-17(14)20/h3-9,13H,10-11H2,1-2H3,(H,21,22)/t13-/m1/s1. The maximum absolute atomic E-state index is 13.7. The fourth-order valence-electron chi connectivity index (χ4n) is 2.33. The van der Waals surface area contributed by atoms with Crippen LogP contribution in [-0.2, 0) is 10.5 Å². The molecule has 23 heavy (non-hydrogen) atoms. The minimum atomic E-state index is -0.335. The minimum absolute atomic E-state index is 0.0448. The van der Waals surface area contributed by atoms with Crippen molar-refractivity contribution in [3.8, 4) is 0 Å². The first-order valence-electron chi connectivity index (χ1n) is 7.34. The van der Waals surface area contributed by atoms with E-state index in [2.05, 4.69) is 5.32 Å². The van der Waals surface area contributed by atoms with Gasteiger partial charge >= 0.3 is 0 Å². The van der Waals surface area contributed by atoms with Crippen molar-refractivity contribution >= 4 is 29.3 Å². The third-order valence-electron chi connectivity index (χ3n) is 3.54. The molecule has 0 saturated carbocycles. The highest BCUT2D eigenvalue weighted by Crippen LogP contribution is 2.20. The van der Waals surface area contributed by atoms with Gasteiger partial charge in [-0.1, -0.05) is 41.9 Å². The molecule has 0 fully saturated rings. The number of carbonyl (C=O) groups is 1. The van der Waals surface area contributed by atoms with Crippen LogP contribution in [0.4, 0.5) is 4.39 Å². The molecule has 0 aliphatic rings. The summed E-state index contributed by atoms with van der Waals surface area (Å²) in [5.41, 5.74) is 2.81. The SMILES string of the molecule is Cc1ccccc1[C@@H](C)NC(=O)CSCc1ccc(Cl)cc1F. The average Bonchev–Trinajstić information content (AvgIpc) is 2.49. The highest BCUT2D eigenvalue weighted by atomic mass is 35.5. The number of amides is 1. The maximum Gasteiger partial charge on any atom is 0.230 e. The lowest BCUT2D eigenvalue weighted by Crippen LogP contribution is -2.28. The lowest BCUT2D eigenvalue weighted by Gasteiger charge is -2.16. The molecule has 0 radical (unpaired) electrons. The van der Waals surface area contributed by atoms with Crippen LogP contribution in [0.2, 0.25) is 5.02 Å². The summed E-state index contributed by atoms with van der Waals surface area (Å²) in [6, 6.07) is 12.5. The van der Waals surface area contributed by atoms with Crippen molar-refractivity contribution in [1.29, 1.82) is 0 Å². The number of aryl methyl sites for hydroxylation is 1. The predicted molar refractivity (Wildman–Crippen MR) is 95.3 cm³/mol. The number of benzene rings is 2. The Kier molecular flexibility index (Phi) is 6.48. The number of carbonyl (C=O) groups excluding carboxylic acids is 1. The monoisotopic (exact) mass is 351 g/mol. The largest absolute Gasteiger partial charge is 0.349 e. The van der Waals surface area contributed by atoms with Gasteiger partial charge in [-0.25, -0.2) is 4.39 Å². The van der Waals surface area contributed by atoms with Crippen LogP contribution in [0.3, 0.4) is 0 Å². The summed E-state index contributed by atoms with van der Waals surface area (Å²) in [4.78, 5) is 12.0. The van der Waals surface area contributed by atoms with Crippen molar-refractivity contribution in [2.45, 2.75) is 25.6 Å². The first-order chi connectivity index (χ1) is 11.0. The highest BCUT2D eigenvalue weighted by Gasteiger charge is 2.12. The molecule has 0 aliphatic heterocycles. The fraction of sp³-hybridized carbons (Fsp3) is 0.278. The Morgan fingerprint density at radius 3 is 2.74 bits per heavy atom. The molecule has 2 nitrogen and oxygen atoms in total. The van der Waals surface area contributed by atoms with Crippen molar-refractivity contribution in [1.82, 2.24) is 5.32 Å². The van der Waals surface area contributed by atoms with E-state index >= 15 is 0 Å². The Morgan fingerprint density at radius 2 is 2.04 bits per heavy atom. The van der Waals surface area contributed by atoms with Crippen LogP contribution >= 0.6 is 23.4 Å². The lowest BCUT2D eigenvalue weighted by atomic mass is 10.0. The topological polar surface area (TPSA) is 29.1 Å². The molecule has 2 rings (SSSR count). The third kappa shape index (κ3) is 5.26. The Labute approximate surface area is 145 Å². The second kappa shape index (κ2) is 8.37. The summed E-state index contributed by atoms with van der Waals surface area (Å²) in [6.07, 6.45) is 0. The molecule has 0 spiro atoms. The van der Waals surface area contributed by atoms with E-state index in [1.165, 1.54) is 17.8 Å². The van der Waals surface area contributed by atoms with Crippen LogP contribution in [0.15, 0.2) is 42.5 Å². The summed E-state index contributed by atoms with van der Waals surface area (Å²) in [6.45, 7) is 3.99. The van der Waals surface area contributed by atoms with Gasteiger partial charge in [0.15, 0.2) is 0 Å². The molecule has 0 unspecified atom stereocenters.